The first-order chi connectivity index (χ1) is 15.1. The number of ether oxygens (including phenoxy) is 1. The topological polar surface area (TPSA) is 86.1 Å². The first-order valence-corrected chi connectivity index (χ1v) is 11.8. The van der Waals surface area contributed by atoms with Crippen molar-refractivity contribution in [2.75, 3.05) is 18.2 Å². The SMILES string of the molecule is CCCCn1c(SCC(=O)Nc2ccccc2OC)nc2c(sc3ncccc32)c1=O. The van der Waals surface area contributed by atoms with Gasteiger partial charge in [-0.1, -0.05) is 37.2 Å². The minimum atomic E-state index is -0.192. The monoisotopic (exact) mass is 454 g/mol. The standard InChI is InChI=1S/C22H22N4O3S2/c1-3-4-12-26-21(28)19-18(14-8-7-11-23-20(14)31-19)25-22(26)30-13-17(27)24-15-9-5-6-10-16(15)29-2/h5-11H,3-4,12-13H2,1-2H3,(H,24,27). The van der Waals surface area contributed by atoms with Crippen molar-refractivity contribution in [3.63, 3.8) is 0 Å². The molecule has 0 unspecified atom stereocenters. The maximum Gasteiger partial charge on any atom is 0.272 e. The van der Waals surface area contributed by atoms with E-state index in [1.54, 1.807) is 30.0 Å². The zero-order chi connectivity index (χ0) is 21.8. The highest BCUT2D eigenvalue weighted by molar-refractivity contribution is 7.99. The molecule has 0 aliphatic rings. The molecular formula is C22H22N4O3S2. The molecule has 0 bridgehead atoms. The van der Waals surface area contributed by atoms with E-state index in [-0.39, 0.29) is 17.2 Å². The molecule has 7 nitrogen and oxygen atoms in total. The fourth-order valence-electron chi connectivity index (χ4n) is 3.23. The normalized spacial score (nSPS) is 11.2. The second-order valence-corrected chi connectivity index (χ2v) is 8.82. The molecule has 1 aromatic carbocycles. The number of aromatic nitrogens is 3. The maximum absolute atomic E-state index is 13.2. The number of hydrogen-bond donors (Lipinski definition) is 1. The third kappa shape index (κ3) is 4.42. The molecule has 0 saturated heterocycles. The largest absolute Gasteiger partial charge is 0.495 e. The number of hydrogen-bond acceptors (Lipinski definition) is 7. The number of nitrogens with one attached hydrogen (secondary N) is 1. The Morgan fingerprint density at radius 2 is 2.10 bits per heavy atom. The van der Waals surface area contributed by atoms with E-state index >= 15 is 0 Å². The van der Waals surface area contributed by atoms with Crippen molar-refractivity contribution in [2.45, 2.75) is 31.5 Å². The van der Waals surface area contributed by atoms with Gasteiger partial charge in [0.2, 0.25) is 5.91 Å². The molecular weight excluding hydrogens is 432 g/mol. The number of thioether (sulfide) groups is 1. The van der Waals surface area contributed by atoms with E-state index in [1.807, 2.05) is 24.3 Å². The van der Waals surface area contributed by atoms with Crippen LogP contribution in [0, 0.1) is 0 Å². The second-order valence-electron chi connectivity index (χ2n) is 6.88. The number of nitrogens with zero attached hydrogens (tertiary/aromatic N) is 3. The summed E-state index contributed by atoms with van der Waals surface area (Å²) in [5, 5.41) is 4.27. The Bertz CT molecular complexity index is 1300. The van der Waals surface area contributed by atoms with Gasteiger partial charge in [-0.15, -0.1) is 11.3 Å². The first-order valence-electron chi connectivity index (χ1n) is 9.96. The molecule has 160 valence electrons. The third-order valence-electron chi connectivity index (χ3n) is 4.77. The second kappa shape index (κ2) is 9.49. The molecule has 9 heteroatoms. The summed E-state index contributed by atoms with van der Waals surface area (Å²) in [4.78, 5) is 35.7. The summed E-state index contributed by atoms with van der Waals surface area (Å²) in [6.45, 7) is 2.64. The summed E-state index contributed by atoms with van der Waals surface area (Å²) < 4.78 is 7.57. The minimum Gasteiger partial charge on any atom is -0.495 e. The van der Waals surface area contributed by atoms with Gasteiger partial charge in [-0.25, -0.2) is 9.97 Å². The summed E-state index contributed by atoms with van der Waals surface area (Å²) in [6, 6.07) is 11.0. The Morgan fingerprint density at radius 1 is 1.26 bits per heavy atom. The summed E-state index contributed by atoms with van der Waals surface area (Å²) in [5.41, 5.74) is 1.19. The number of rotatable bonds is 8. The molecule has 0 fully saturated rings. The van der Waals surface area contributed by atoms with Crippen LogP contribution < -0.4 is 15.6 Å². The van der Waals surface area contributed by atoms with E-state index in [1.165, 1.54) is 23.1 Å². The van der Waals surface area contributed by atoms with Gasteiger partial charge in [-0.3, -0.25) is 14.2 Å². The number of benzene rings is 1. The third-order valence-corrected chi connectivity index (χ3v) is 6.83. The van der Waals surface area contributed by atoms with Crippen molar-refractivity contribution in [3.8, 4) is 5.75 Å². The van der Waals surface area contributed by atoms with Crippen LogP contribution in [0.15, 0.2) is 52.5 Å². The van der Waals surface area contributed by atoms with E-state index in [9.17, 15) is 9.59 Å². The molecule has 0 atom stereocenters. The Morgan fingerprint density at radius 3 is 2.90 bits per heavy atom. The van der Waals surface area contributed by atoms with Crippen LogP contribution in [0.2, 0.25) is 0 Å². The maximum atomic E-state index is 13.2. The van der Waals surface area contributed by atoms with Gasteiger partial charge in [-0.05, 0) is 30.7 Å². The predicted octanol–water partition coefficient (Wildman–Crippen LogP) is 4.55. The van der Waals surface area contributed by atoms with Gasteiger partial charge in [0.05, 0.1) is 24.1 Å². The molecule has 4 aromatic rings. The fraction of sp³-hybridized carbons (Fsp3) is 0.273. The summed E-state index contributed by atoms with van der Waals surface area (Å²) in [6.07, 6.45) is 3.53. The van der Waals surface area contributed by atoms with E-state index in [0.29, 0.717) is 33.4 Å². The smallest absolute Gasteiger partial charge is 0.272 e. The molecule has 1 amide bonds. The van der Waals surface area contributed by atoms with Gasteiger partial charge < -0.3 is 10.1 Å². The minimum absolute atomic E-state index is 0.0749. The van der Waals surface area contributed by atoms with Crippen molar-refractivity contribution in [1.29, 1.82) is 0 Å². The van der Waals surface area contributed by atoms with Crippen LogP contribution in [0.25, 0.3) is 20.4 Å². The van der Waals surface area contributed by atoms with Crippen LogP contribution in [0.3, 0.4) is 0 Å². The molecule has 0 aliphatic heterocycles. The number of methoxy groups -OCH3 is 1. The van der Waals surface area contributed by atoms with Gasteiger partial charge in [0.25, 0.3) is 5.56 Å². The van der Waals surface area contributed by atoms with Crippen LogP contribution in [0.1, 0.15) is 19.8 Å². The zero-order valence-electron chi connectivity index (χ0n) is 17.3. The zero-order valence-corrected chi connectivity index (χ0v) is 18.9. The van der Waals surface area contributed by atoms with E-state index in [2.05, 4.69) is 17.2 Å². The first kappa shape index (κ1) is 21.3. The number of fused-ring (bicyclic) bond motifs is 3. The lowest BCUT2D eigenvalue weighted by Gasteiger charge is -2.12. The summed E-state index contributed by atoms with van der Waals surface area (Å²) in [5.74, 6) is 0.530. The number of para-hydroxylation sites is 2. The molecule has 4 rings (SSSR count). The number of pyridine rings is 1. The number of carbonyl (C=O) groups excluding carboxylic acids is 1. The van der Waals surface area contributed by atoms with E-state index < -0.39 is 0 Å². The number of thiophene rings is 1. The van der Waals surface area contributed by atoms with Crippen molar-refractivity contribution in [2.24, 2.45) is 0 Å². The van der Waals surface area contributed by atoms with Crippen LogP contribution in [0.5, 0.6) is 5.75 Å². The van der Waals surface area contributed by atoms with Crippen LogP contribution in [0.4, 0.5) is 5.69 Å². The predicted molar refractivity (Wildman–Crippen MR) is 126 cm³/mol. The molecule has 0 radical (unpaired) electrons. The Labute approximate surface area is 187 Å². The van der Waals surface area contributed by atoms with Crippen LogP contribution in [-0.2, 0) is 11.3 Å². The van der Waals surface area contributed by atoms with Gasteiger partial charge in [-0.2, -0.15) is 0 Å². The van der Waals surface area contributed by atoms with Gasteiger partial charge in [0, 0.05) is 18.1 Å². The number of unbranched alkanes of at least 4 members (excludes halogenated alkanes) is 1. The number of carbonyl (C=O) groups is 1. The average Bonchev–Trinajstić information content (AvgIpc) is 3.16. The number of anilines is 1. The lowest BCUT2D eigenvalue weighted by molar-refractivity contribution is -0.113. The lowest BCUT2D eigenvalue weighted by Crippen LogP contribution is -2.23. The molecule has 0 spiro atoms. The Kier molecular flexibility index (Phi) is 6.53. The van der Waals surface area contributed by atoms with Crippen molar-refractivity contribution < 1.29 is 9.53 Å². The molecule has 31 heavy (non-hydrogen) atoms. The van der Waals surface area contributed by atoms with E-state index in [4.69, 9.17) is 9.72 Å². The highest BCUT2D eigenvalue weighted by atomic mass is 32.2. The van der Waals surface area contributed by atoms with Gasteiger partial charge in [0.15, 0.2) is 5.16 Å². The molecule has 3 heterocycles. The highest BCUT2D eigenvalue weighted by Gasteiger charge is 2.18. The van der Waals surface area contributed by atoms with Crippen molar-refractivity contribution in [3.05, 3.63) is 52.9 Å². The fourth-order valence-corrected chi connectivity index (χ4v) is 5.08. The average molecular weight is 455 g/mol. The quantitative estimate of drug-likeness (QED) is 0.311. The molecule has 3 aromatic heterocycles. The van der Waals surface area contributed by atoms with E-state index in [0.717, 1.165) is 23.1 Å². The Hall–Kier alpha value is -2.91. The van der Waals surface area contributed by atoms with Crippen molar-refractivity contribution in [1.82, 2.24) is 14.5 Å². The van der Waals surface area contributed by atoms with Crippen LogP contribution in [-0.4, -0.2) is 33.3 Å². The summed E-state index contributed by atoms with van der Waals surface area (Å²) in [7, 11) is 1.56. The summed E-state index contributed by atoms with van der Waals surface area (Å²) >= 11 is 2.63. The Balaban J connectivity index is 1.64. The highest BCUT2D eigenvalue weighted by Crippen LogP contribution is 2.30. The number of amides is 1. The molecule has 0 saturated carbocycles. The lowest BCUT2D eigenvalue weighted by atomic mass is 10.3. The molecule has 0 aliphatic carbocycles. The van der Waals surface area contributed by atoms with Crippen molar-refractivity contribution >= 4 is 55.1 Å². The van der Waals surface area contributed by atoms with Gasteiger partial charge in [0.1, 0.15) is 15.3 Å². The van der Waals surface area contributed by atoms with Gasteiger partial charge >= 0.3 is 0 Å². The molecule has 1 N–H and O–H groups in total. The van der Waals surface area contributed by atoms with Crippen LogP contribution >= 0.6 is 23.1 Å².